The quantitative estimate of drug-likeness (QED) is 0.916. The third-order valence-corrected chi connectivity index (χ3v) is 4.34. The lowest BCUT2D eigenvalue weighted by molar-refractivity contribution is 0.416. The summed E-state index contributed by atoms with van der Waals surface area (Å²) in [4.78, 5) is 11.8. The van der Waals surface area contributed by atoms with Gasteiger partial charge in [0.15, 0.2) is 11.5 Å². The number of aromatic nitrogens is 3. The highest BCUT2D eigenvalue weighted by molar-refractivity contribution is 5.67. The Hall–Kier alpha value is -1.78. The minimum absolute atomic E-state index is 0.605. The third-order valence-electron chi connectivity index (χ3n) is 4.34. The van der Waals surface area contributed by atoms with Gasteiger partial charge < -0.3 is 14.6 Å². The highest BCUT2D eigenvalue weighted by Crippen LogP contribution is 2.29. The van der Waals surface area contributed by atoms with Crippen LogP contribution in [0.5, 0.6) is 0 Å². The molecular formula is C16H25N5. The Morgan fingerprint density at radius 3 is 2.81 bits per heavy atom. The van der Waals surface area contributed by atoms with E-state index >= 15 is 0 Å². The average Bonchev–Trinajstić information content (AvgIpc) is 2.98. The standard InChI is InChI=1S/C16H25N5/c1-3-17-14-12-20-11-10-18-15(20)16(19-14)21(4-2)13-8-6-5-7-9-13/h10-13,17H,3-9H2,1-2H3. The largest absolute Gasteiger partial charge is 0.369 e. The predicted octanol–water partition coefficient (Wildman–Crippen LogP) is 3.32. The van der Waals surface area contributed by atoms with E-state index in [9.17, 15) is 0 Å². The van der Waals surface area contributed by atoms with E-state index in [0.717, 1.165) is 30.4 Å². The summed E-state index contributed by atoms with van der Waals surface area (Å²) in [6.45, 7) is 6.17. The van der Waals surface area contributed by atoms with E-state index in [1.54, 1.807) is 0 Å². The van der Waals surface area contributed by atoms with Gasteiger partial charge >= 0.3 is 0 Å². The van der Waals surface area contributed by atoms with Crippen molar-refractivity contribution in [1.82, 2.24) is 14.4 Å². The van der Waals surface area contributed by atoms with Gasteiger partial charge in [-0.25, -0.2) is 9.97 Å². The predicted molar refractivity (Wildman–Crippen MR) is 87.0 cm³/mol. The minimum atomic E-state index is 0.605. The summed E-state index contributed by atoms with van der Waals surface area (Å²) < 4.78 is 2.08. The van der Waals surface area contributed by atoms with Crippen molar-refractivity contribution in [3.05, 3.63) is 18.6 Å². The van der Waals surface area contributed by atoms with Gasteiger partial charge in [0.05, 0.1) is 6.20 Å². The molecule has 1 aliphatic carbocycles. The van der Waals surface area contributed by atoms with Crippen molar-refractivity contribution in [2.75, 3.05) is 23.3 Å². The van der Waals surface area contributed by atoms with Crippen molar-refractivity contribution in [3.8, 4) is 0 Å². The Morgan fingerprint density at radius 2 is 2.10 bits per heavy atom. The molecule has 0 saturated heterocycles. The molecule has 0 amide bonds. The fourth-order valence-corrected chi connectivity index (χ4v) is 3.35. The molecule has 0 radical (unpaired) electrons. The molecule has 0 spiro atoms. The number of rotatable bonds is 5. The zero-order chi connectivity index (χ0) is 14.7. The monoisotopic (exact) mass is 287 g/mol. The van der Waals surface area contributed by atoms with Gasteiger partial charge in [0.2, 0.25) is 0 Å². The van der Waals surface area contributed by atoms with Gasteiger partial charge in [-0.3, -0.25) is 0 Å². The molecule has 1 aliphatic rings. The lowest BCUT2D eigenvalue weighted by atomic mass is 9.94. The molecule has 3 rings (SSSR count). The second-order valence-corrected chi connectivity index (χ2v) is 5.72. The van der Waals surface area contributed by atoms with Crippen LogP contribution >= 0.6 is 0 Å². The van der Waals surface area contributed by atoms with Crippen molar-refractivity contribution >= 4 is 17.3 Å². The lowest BCUT2D eigenvalue weighted by Gasteiger charge is -2.34. The third kappa shape index (κ3) is 2.82. The van der Waals surface area contributed by atoms with E-state index in [4.69, 9.17) is 4.98 Å². The van der Waals surface area contributed by atoms with Gasteiger partial charge in [0.1, 0.15) is 5.82 Å². The number of hydrogen-bond acceptors (Lipinski definition) is 4. The fraction of sp³-hybridized carbons (Fsp3) is 0.625. The van der Waals surface area contributed by atoms with Crippen LogP contribution in [-0.4, -0.2) is 33.5 Å². The average molecular weight is 287 g/mol. The molecule has 0 bridgehead atoms. The molecule has 0 unspecified atom stereocenters. The van der Waals surface area contributed by atoms with Gasteiger partial charge in [0.25, 0.3) is 0 Å². The molecule has 1 N–H and O–H groups in total. The molecule has 2 aromatic rings. The first kappa shape index (κ1) is 14.2. The van der Waals surface area contributed by atoms with E-state index in [2.05, 4.69) is 33.4 Å². The summed E-state index contributed by atoms with van der Waals surface area (Å²) in [6.07, 6.45) is 12.4. The van der Waals surface area contributed by atoms with E-state index in [1.807, 2.05) is 18.6 Å². The Morgan fingerprint density at radius 1 is 1.29 bits per heavy atom. The molecule has 0 aromatic carbocycles. The number of nitrogens with zero attached hydrogens (tertiary/aromatic N) is 4. The highest BCUT2D eigenvalue weighted by atomic mass is 15.3. The van der Waals surface area contributed by atoms with Crippen LogP contribution in [-0.2, 0) is 0 Å². The molecule has 5 heteroatoms. The normalized spacial score (nSPS) is 16.3. The maximum absolute atomic E-state index is 4.84. The molecule has 1 saturated carbocycles. The first-order valence-electron chi connectivity index (χ1n) is 8.17. The maximum Gasteiger partial charge on any atom is 0.180 e. The van der Waals surface area contributed by atoms with Crippen molar-refractivity contribution < 1.29 is 0 Å². The maximum atomic E-state index is 4.84. The van der Waals surface area contributed by atoms with E-state index in [0.29, 0.717) is 6.04 Å². The molecule has 0 aliphatic heterocycles. The lowest BCUT2D eigenvalue weighted by Crippen LogP contribution is -2.37. The number of nitrogens with one attached hydrogen (secondary N) is 1. The van der Waals surface area contributed by atoms with Gasteiger partial charge in [-0.1, -0.05) is 19.3 Å². The first-order valence-corrected chi connectivity index (χ1v) is 8.17. The molecule has 2 heterocycles. The molecule has 1 fully saturated rings. The first-order chi connectivity index (χ1) is 10.3. The Kier molecular flexibility index (Phi) is 4.27. The summed E-state index contributed by atoms with van der Waals surface area (Å²) in [6, 6.07) is 0.605. The van der Waals surface area contributed by atoms with E-state index < -0.39 is 0 Å². The summed E-state index contributed by atoms with van der Waals surface area (Å²) in [7, 11) is 0. The van der Waals surface area contributed by atoms with Gasteiger partial charge in [-0.05, 0) is 26.7 Å². The summed E-state index contributed by atoms with van der Waals surface area (Å²) in [5, 5.41) is 3.33. The summed E-state index contributed by atoms with van der Waals surface area (Å²) in [5.41, 5.74) is 0.962. The van der Waals surface area contributed by atoms with E-state index in [-0.39, 0.29) is 0 Å². The van der Waals surface area contributed by atoms with Crippen LogP contribution in [0.1, 0.15) is 46.0 Å². The van der Waals surface area contributed by atoms with Crippen LogP contribution in [0, 0.1) is 0 Å². The SMILES string of the molecule is CCNc1cn2ccnc2c(N(CC)C2CCCCC2)n1. The van der Waals surface area contributed by atoms with Crippen molar-refractivity contribution in [1.29, 1.82) is 0 Å². The Balaban J connectivity index is 2.00. The van der Waals surface area contributed by atoms with Crippen molar-refractivity contribution in [2.24, 2.45) is 0 Å². The number of hydrogen-bond donors (Lipinski definition) is 1. The van der Waals surface area contributed by atoms with Gasteiger partial charge in [0, 0.05) is 31.5 Å². The van der Waals surface area contributed by atoms with Crippen LogP contribution in [0.15, 0.2) is 18.6 Å². The van der Waals surface area contributed by atoms with Crippen molar-refractivity contribution in [2.45, 2.75) is 52.0 Å². The molecule has 114 valence electrons. The fourth-order valence-electron chi connectivity index (χ4n) is 3.35. The zero-order valence-corrected chi connectivity index (χ0v) is 13.0. The molecule has 5 nitrogen and oxygen atoms in total. The topological polar surface area (TPSA) is 45.5 Å². The zero-order valence-electron chi connectivity index (χ0n) is 13.0. The highest BCUT2D eigenvalue weighted by Gasteiger charge is 2.23. The summed E-state index contributed by atoms with van der Waals surface area (Å²) in [5.74, 6) is 1.94. The van der Waals surface area contributed by atoms with Crippen LogP contribution in [0.4, 0.5) is 11.6 Å². The smallest absolute Gasteiger partial charge is 0.180 e. The number of anilines is 2. The minimum Gasteiger partial charge on any atom is -0.369 e. The van der Waals surface area contributed by atoms with Crippen molar-refractivity contribution in [3.63, 3.8) is 0 Å². The molecular weight excluding hydrogens is 262 g/mol. The molecule has 2 aromatic heterocycles. The van der Waals surface area contributed by atoms with E-state index in [1.165, 1.54) is 32.1 Å². The second kappa shape index (κ2) is 6.33. The van der Waals surface area contributed by atoms with Gasteiger partial charge in [-0.15, -0.1) is 0 Å². The number of imidazole rings is 1. The van der Waals surface area contributed by atoms with Crippen LogP contribution < -0.4 is 10.2 Å². The van der Waals surface area contributed by atoms with Crippen LogP contribution in [0.2, 0.25) is 0 Å². The Bertz CT molecular complexity index is 585. The summed E-state index contributed by atoms with van der Waals surface area (Å²) >= 11 is 0. The van der Waals surface area contributed by atoms with Crippen LogP contribution in [0.3, 0.4) is 0 Å². The van der Waals surface area contributed by atoms with Gasteiger partial charge in [-0.2, -0.15) is 0 Å². The molecule has 21 heavy (non-hydrogen) atoms. The second-order valence-electron chi connectivity index (χ2n) is 5.72. The van der Waals surface area contributed by atoms with Crippen LogP contribution in [0.25, 0.3) is 5.65 Å². The Labute approximate surface area is 126 Å². The number of fused-ring (bicyclic) bond motifs is 1. The molecule has 0 atom stereocenters.